The summed E-state index contributed by atoms with van der Waals surface area (Å²) in [5.41, 5.74) is 2.38. The van der Waals surface area contributed by atoms with Gasteiger partial charge in [0.1, 0.15) is 12.4 Å². The fourth-order valence-corrected chi connectivity index (χ4v) is 5.70. The van der Waals surface area contributed by atoms with Gasteiger partial charge in [-0.3, -0.25) is 4.90 Å². The highest BCUT2D eigenvalue weighted by Gasteiger charge is 2.29. The Balaban J connectivity index is 1.09. The summed E-state index contributed by atoms with van der Waals surface area (Å²) in [5.74, 6) is 1.86. The van der Waals surface area contributed by atoms with Crippen molar-refractivity contribution in [2.75, 3.05) is 36.4 Å². The Kier molecular flexibility index (Phi) is 8.48. The van der Waals surface area contributed by atoms with E-state index in [2.05, 4.69) is 43.5 Å². The number of hydrogen-bond donors (Lipinski definition) is 1. The molecule has 3 aliphatic rings. The Labute approximate surface area is 210 Å². The summed E-state index contributed by atoms with van der Waals surface area (Å²) in [5, 5.41) is 8.11. The molecular formula is C28H40N6O. The summed E-state index contributed by atoms with van der Waals surface area (Å²) in [6.07, 6.45) is 13.9. The molecule has 1 atom stereocenters. The van der Waals surface area contributed by atoms with Gasteiger partial charge in [0.15, 0.2) is 0 Å². The predicted molar refractivity (Wildman–Crippen MR) is 142 cm³/mol. The molecular weight excluding hydrogens is 436 g/mol. The van der Waals surface area contributed by atoms with Crippen molar-refractivity contribution in [1.29, 1.82) is 0 Å². The summed E-state index contributed by atoms with van der Waals surface area (Å²) >= 11 is 0. The molecule has 1 N–H and O–H groups in total. The van der Waals surface area contributed by atoms with E-state index < -0.39 is 0 Å². The number of nitrogens with zero attached hydrogens (tertiary/aromatic N) is 5. The van der Waals surface area contributed by atoms with Crippen LogP contribution in [0.15, 0.2) is 47.8 Å². The first-order valence-electron chi connectivity index (χ1n) is 13.6. The van der Waals surface area contributed by atoms with Crippen molar-refractivity contribution in [3.63, 3.8) is 0 Å². The van der Waals surface area contributed by atoms with Crippen LogP contribution in [-0.2, 0) is 11.4 Å². The molecule has 0 radical (unpaired) electrons. The molecule has 35 heavy (non-hydrogen) atoms. The summed E-state index contributed by atoms with van der Waals surface area (Å²) < 4.78 is 0. The first-order chi connectivity index (χ1) is 17.3. The van der Waals surface area contributed by atoms with Gasteiger partial charge in [0.2, 0.25) is 5.95 Å². The van der Waals surface area contributed by atoms with Crippen molar-refractivity contribution >= 4 is 17.5 Å². The molecule has 1 aromatic heterocycles. The largest absolute Gasteiger partial charge is 0.391 e. The molecule has 0 bridgehead atoms. The third kappa shape index (κ3) is 6.94. The first-order valence-corrected chi connectivity index (χ1v) is 13.6. The molecule has 5 rings (SSSR count). The fourth-order valence-electron chi connectivity index (χ4n) is 5.70. The van der Waals surface area contributed by atoms with Crippen LogP contribution in [0, 0.1) is 0 Å². The van der Waals surface area contributed by atoms with E-state index in [9.17, 15) is 0 Å². The van der Waals surface area contributed by atoms with Gasteiger partial charge in [-0.05, 0) is 69.5 Å². The third-order valence-corrected chi connectivity index (χ3v) is 7.67. The minimum absolute atomic E-state index is 0.410. The lowest BCUT2D eigenvalue weighted by molar-refractivity contribution is 0.121. The van der Waals surface area contributed by atoms with Crippen molar-refractivity contribution in [1.82, 2.24) is 14.9 Å². The van der Waals surface area contributed by atoms with Crippen LogP contribution in [0.25, 0.3) is 0 Å². The van der Waals surface area contributed by atoms with E-state index in [0.29, 0.717) is 18.7 Å². The number of likely N-dealkylation sites (tertiary alicyclic amines) is 1. The van der Waals surface area contributed by atoms with Crippen molar-refractivity contribution in [3.05, 3.63) is 48.2 Å². The van der Waals surface area contributed by atoms with Gasteiger partial charge in [-0.2, -0.15) is 4.98 Å². The minimum Gasteiger partial charge on any atom is -0.391 e. The van der Waals surface area contributed by atoms with Crippen LogP contribution in [0.2, 0.25) is 0 Å². The Hall–Kier alpha value is -2.67. The van der Waals surface area contributed by atoms with Crippen LogP contribution in [-0.4, -0.2) is 58.8 Å². The highest BCUT2D eigenvalue weighted by molar-refractivity contribution is 5.84. The zero-order valence-electron chi connectivity index (χ0n) is 20.9. The average Bonchev–Trinajstić information content (AvgIpc) is 3.20. The Morgan fingerprint density at radius 1 is 0.914 bits per heavy atom. The second kappa shape index (κ2) is 12.3. The van der Waals surface area contributed by atoms with E-state index >= 15 is 0 Å². The number of aromatic nitrogens is 2. The second-order valence-electron chi connectivity index (χ2n) is 10.3. The molecule has 3 heterocycles. The number of rotatable bonds is 7. The predicted octanol–water partition coefficient (Wildman–Crippen LogP) is 5.25. The molecule has 1 aliphatic carbocycles. The fraction of sp³-hybridized carbons (Fsp3) is 0.607. The summed E-state index contributed by atoms with van der Waals surface area (Å²) in [7, 11) is 0. The molecule has 0 spiro atoms. The molecule has 1 unspecified atom stereocenters. The van der Waals surface area contributed by atoms with E-state index in [1.54, 1.807) is 0 Å². The maximum Gasteiger partial charge on any atom is 0.224 e. The second-order valence-corrected chi connectivity index (χ2v) is 10.3. The zero-order valence-corrected chi connectivity index (χ0v) is 20.9. The highest BCUT2D eigenvalue weighted by Crippen LogP contribution is 2.26. The SMILES string of the molecule is c1ccc(CON=C2CCC(N3CCCC(Nc4nccc(N5CCCCCC5)n4)C3)CC2)cc1. The van der Waals surface area contributed by atoms with Gasteiger partial charge in [0.25, 0.3) is 0 Å². The first kappa shape index (κ1) is 24.0. The molecule has 2 saturated heterocycles. The number of hydrogen-bond acceptors (Lipinski definition) is 7. The van der Waals surface area contributed by atoms with E-state index in [4.69, 9.17) is 9.82 Å². The van der Waals surface area contributed by atoms with Gasteiger partial charge in [-0.15, -0.1) is 0 Å². The third-order valence-electron chi connectivity index (χ3n) is 7.67. The van der Waals surface area contributed by atoms with Crippen molar-refractivity contribution in [3.8, 4) is 0 Å². The smallest absolute Gasteiger partial charge is 0.224 e. The Morgan fingerprint density at radius 3 is 2.51 bits per heavy atom. The highest BCUT2D eigenvalue weighted by atomic mass is 16.6. The minimum atomic E-state index is 0.410. The topological polar surface area (TPSA) is 65.9 Å². The zero-order chi connectivity index (χ0) is 23.7. The van der Waals surface area contributed by atoms with Crippen LogP contribution in [0.3, 0.4) is 0 Å². The van der Waals surface area contributed by atoms with Crippen LogP contribution >= 0.6 is 0 Å². The molecule has 3 fully saturated rings. The average molecular weight is 477 g/mol. The van der Waals surface area contributed by atoms with E-state index in [-0.39, 0.29) is 0 Å². The monoisotopic (exact) mass is 476 g/mol. The van der Waals surface area contributed by atoms with Crippen molar-refractivity contribution < 1.29 is 4.84 Å². The van der Waals surface area contributed by atoms with Gasteiger partial charge in [0, 0.05) is 37.9 Å². The molecule has 2 aliphatic heterocycles. The number of piperidine rings is 1. The number of nitrogens with one attached hydrogen (secondary N) is 1. The normalized spacial score (nSPS) is 24.0. The molecule has 1 aromatic carbocycles. The lowest BCUT2D eigenvalue weighted by atomic mass is 9.90. The van der Waals surface area contributed by atoms with Crippen LogP contribution < -0.4 is 10.2 Å². The molecule has 7 nitrogen and oxygen atoms in total. The molecule has 1 saturated carbocycles. The standard InChI is InChI=1S/C28H40N6O/c1-2-7-19-33(18-6-1)27-16-17-29-28(31-27)30-25-11-8-20-34(21-25)26-14-12-24(13-15-26)32-35-22-23-9-4-3-5-10-23/h3-5,9-10,16-17,25-26H,1-2,6-8,11-15,18-22H2,(H,29,30,31). The number of anilines is 2. The van der Waals surface area contributed by atoms with Gasteiger partial charge >= 0.3 is 0 Å². The maximum atomic E-state index is 5.63. The summed E-state index contributed by atoms with van der Waals surface area (Å²) in [4.78, 5) is 20.2. The van der Waals surface area contributed by atoms with Crippen LogP contribution in [0.4, 0.5) is 11.8 Å². The summed E-state index contributed by atoms with van der Waals surface area (Å²) in [6.45, 7) is 5.03. The van der Waals surface area contributed by atoms with Gasteiger partial charge in [-0.25, -0.2) is 4.98 Å². The molecule has 0 amide bonds. The van der Waals surface area contributed by atoms with E-state index in [1.165, 1.54) is 69.2 Å². The summed E-state index contributed by atoms with van der Waals surface area (Å²) in [6, 6.07) is 13.4. The van der Waals surface area contributed by atoms with E-state index in [1.807, 2.05) is 24.4 Å². The molecule has 188 valence electrons. The number of benzene rings is 1. The Bertz CT molecular complexity index is 933. The quantitative estimate of drug-likeness (QED) is 0.551. The maximum absolute atomic E-state index is 5.63. The van der Waals surface area contributed by atoms with Gasteiger partial charge < -0.3 is 15.1 Å². The van der Waals surface area contributed by atoms with Crippen LogP contribution in [0.5, 0.6) is 0 Å². The van der Waals surface area contributed by atoms with Gasteiger partial charge in [0.05, 0.1) is 5.71 Å². The van der Waals surface area contributed by atoms with Crippen molar-refractivity contribution in [2.24, 2.45) is 5.16 Å². The van der Waals surface area contributed by atoms with E-state index in [0.717, 1.165) is 44.2 Å². The van der Waals surface area contributed by atoms with Crippen LogP contribution in [0.1, 0.15) is 69.8 Å². The lowest BCUT2D eigenvalue weighted by Gasteiger charge is -2.40. The lowest BCUT2D eigenvalue weighted by Crippen LogP contribution is -2.48. The number of oxime groups is 1. The van der Waals surface area contributed by atoms with Gasteiger partial charge in [-0.1, -0.05) is 48.3 Å². The molecule has 7 heteroatoms. The van der Waals surface area contributed by atoms with Crippen molar-refractivity contribution in [2.45, 2.75) is 82.9 Å². The Morgan fingerprint density at radius 2 is 1.71 bits per heavy atom. The molecule has 2 aromatic rings.